The average Bonchev–Trinajstić information content (AvgIpc) is 2.51. The molecule has 0 spiro atoms. The molecule has 1 fully saturated rings. The molecule has 1 aliphatic carbocycles. The SMILES string of the molecule is CC(CC#N)C1CCC/C1=N\O. The highest BCUT2D eigenvalue weighted by Crippen LogP contribution is 2.30. The Kier molecular flexibility index (Phi) is 3.09. The van der Waals surface area contributed by atoms with Crippen LogP contribution < -0.4 is 0 Å². The van der Waals surface area contributed by atoms with Crippen LogP contribution in [0, 0.1) is 23.2 Å². The average molecular weight is 166 g/mol. The van der Waals surface area contributed by atoms with Crippen LogP contribution in [0.2, 0.25) is 0 Å². The third kappa shape index (κ3) is 1.76. The minimum atomic E-state index is 0.336. The molecule has 0 radical (unpaired) electrons. The van der Waals surface area contributed by atoms with E-state index in [9.17, 15) is 0 Å². The van der Waals surface area contributed by atoms with E-state index in [2.05, 4.69) is 11.2 Å². The van der Waals surface area contributed by atoms with Crippen LogP contribution in [-0.4, -0.2) is 10.9 Å². The minimum absolute atomic E-state index is 0.336. The molecule has 0 amide bonds. The van der Waals surface area contributed by atoms with Gasteiger partial charge in [0.2, 0.25) is 0 Å². The van der Waals surface area contributed by atoms with Crippen molar-refractivity contribution in [3.8, 4) is 6.07 Å². The van der Waals surface area contributed by atoms with E-state index in [0.29, 0.717) is 18.3 Å². The number of nitrogens with zero attached hydrogens (tertiary/aromatic N) is 2. The first-order valence-corrected chi connectivity index (χ1v) is 4.37. The van der Waals surface area contributed by atoms with Crippen molar-refractivity contribution < 1.29 is 5.21 Å². The molecule has 1 rings (SSSR count). The Hall–Kier alpha value is -1.04. The fourth-order valence-electron chi connectivity index (χ4n) is 1.88. The summed E-state index contributed by atoms with van der Waals surface area (Å²) in [6.45, 7) is 2.05. The molecule has 1 aliphatic rings. The van der Waals surface area contributed by atoms with Gasteiger partial charge in [-0.3, -0.25) is 0 Å². The van der Waals surface area contributed by atoms with Gasteiger partial charge >= 0.3 is 0 Å². The zero-order chi connectivity index (χ0) is 8.97. The lowest BCUT2D eigenvalue weighted by molar-refractivity contribution is 0.311. The summed E-state index contributed by atoms with van der Waals surface area (Å²) in [5.74, 6) is 0.679. The quantitative estimate of drug-likeness (QED) is 0.505. The van der Waals surface area contributed by atoms with E-state index in [1.165, 1.54) is 0 Å². The van der Waals surface area contributed by atoms with Gasteiger partial charge in [0.25, 0.3) is 0 Å². The third-order valence-electron chi connectivity index (χ3n) is 2.60. The van der Waals surface area contributed by atoms with Gasteiger partial charge in [-0.15, -0.1) is 0 Å². The van der Waals surface area contributed by atoms with E-state index in [-0.39, 0.29) is 0 Å². The second kappa shape index (κ2) is 4.10. The van der Waals surface area contributed by atoms with Crippen LogP contribution in [0.3, 0.4) is 0 Å². The van der Waals surface area contributed by atoms with Crippen LogP contribution in [0.1, 0.15) is 32.6 Å². The molecule has 3 heteroatoms. The molecule has 12 heavy (non-hydrogen) atoms. The van der Waals surface area contributed by atoms with Crippen molar-refractivity contribution in [2.75, 3.05) is 0 Å². The summed E-state index contributed by atoms with van der Waals surface area (Å²) in [7, 11) is 0. The molecule has 66 valence electrons. The topological polar surface area (TPSA) is 56.4 Å². The Morgan fingerprint density at radius 2 is 2.58 bits per heavy atom. The van der Waals surface area contributed by atoms with Gasteiger partial charge in [0.15, 0.2) is 0 Å². The van der Waals surface area contributed by atoms with Gasteiger partial charge in [-0.05, 0) is 25.2 Å². The van der Waals surface area contributed by atoms with Gasteiger partial charge in [0, 0.05) is 12.3 Å². The molecule has 2 unspecified atom stereocenters. The van der Waals surface area contributed by atoms with Gasteiger partial charge in [-0.2, -0.15) is 5.26 Å². The first-order valence-electron chi connectivity index (χ1n) is 4.37. The fourth-order valence-corrected chi connectivity index (χ4v) is 1.88. The lowest BCUT2D eigenvalue weighted by atomic mass is 9.89. The lowest BCUT2D eigenvalue weighted by Crippen LogP contribution is -2.15. The highest BCUT2D eigenvalue weighted by molar-refractivity contribution is 5.88. The van der Waals surface area contributed by atoms with Crippen molar-refractivity contribution in [3.63, 3.8) is 0 Å². The normalized spacial score (nSPS) is 28.7. The summed E-state index contributed by atoms with van der Waals surface area (Å²) in [4.78, 5) is 0. The maximum absolute atomic E-state index is 8.66. The predicted molar refractivity (Wildman–Crippen MR) is 46.0 cm³/mol. The molecular formula is C9H14N2O. The Balaban J connectivity index is 2.56. The van der Waals surface area contributed by atoms with Gasteiger partial charge < -0.3 is 5.21 Å². The maximum atomic E-state index is 8.66. The standard InChI is InChI=1S/C9H14N2O/c1-7(5-6-10)8-3-2-4-9(8)11-12/h7-8,12H,2-5H2,1H3/b11-9+. The zero-order valence-electron chi connectivity index (χ0n) is 7.32. The summed E-state index contributed by atoms with van der Waals surface area (Å²) in [5.41, 5.74) is 0.887. The summed E-state index contributed by atoms with van der Waals surface area (Å²) in [6.07, 6.45) is 3.63. The first kappa shape index (κ1) is 9.05. The number of rotatable bonds is 2. The number of hydrogen-bond acceptors (Lipinski definition) is 3. The Morgan fingerprint density at radius 1 is 1.83 bits per heavy atom. The third-order valence-corrected chi connectivity index (χ3v) is 2.60. The van der Waals surface area contributed by atoms with Gasteiger partial charge in [-0.25, -0.2) is 0 Å². The van der Waals surface area contributed by atoms with E-state index in [1.54, 1.807) is 0 Å². The van der Waals surface area contributed by atoms with Crippen molar-refractivity contribution >= 4 is 5.71 Å². The van der Waals surface area contributed by atoms with Crippen molar-refractivity contribution in [3.05, 3.63) is 0 Å². The van der Waals surface area contributed by atoms with Gasteiger partial charge in [0.1, 0.15) is 0 Å². The molecule has 0 aromatic carbocycles. The van der Waals surface area contributed by atoms with E-state index in [1.807, 2.05) is 6.92 Å². The molecular weight excluding hydrogens is 152 g/mol. The minimum Gasteiger partial charge on any atom is -0.411 e. The van der Waals surface area contributed by atoms with Crippen molar-refractivity contribution in [1.82, 2.24) is 0 Å². The summed E-state index contributed by atoms with van der Waals surface area (Å²) >= 11 is 0. The smallest absolute Gasteiger partial charge is 0.0624 e. The van der Waals surface area contributed by atoms with Crippen LogP contribution in [-0.2, 0) is 0 Å². The largest absolute Gasteiger partial charge is 0.411 e. The number of hydrogen-bond donors (Lipinski definition) is 1. The monoisotopic (exact) mass is 166 g/mol. The van der Waals surface area contributed by atoms with Crippen LogP contribution in [0.4, 0.5) is 0 Å². The molecule has 0 aromatic rings. The molecule has 0 aromatic heterocycles. The van der Waals surface area contributed by atoms with Crippen LogP contribution in [0.5, 0.6) is 0 Å². The van der Waals surface area contributed by atoms with E-state index < -0.39 is 0 Å². The van der Waals surface area contributed by atoms with Crippen LogP contribution >= 0.6 is 0 Å². The molecule has 0 saturated heterocycles. The Bertz CT molecular complexity index is 217. The molecule has 0 bridgehead atoms. The van der Waals surface area contributed by atoms with Gasteiger partial charge in [-0.1, -0.05) is 12.1 Å². The summed E-state index contributed by atoms with van der Waals surface area (Å²) < 4.78 is 0. The molecule has 1 N–H and O–H groups in total. The molecule has 1 saturated carbocycles. The first-order chi connectivity index (χ1) is 5.79. The van der Waals surface area contributed by atoms with E-state index in [4.69, 9.17) is 10.5 Å². The highest BCUT2D eigenvalue weighted by Gasteiger charge is 2.27. The molecule has 0 heterocycles. The molecule has 2 atom stereocenters. The Morgan fingerprint density at radius 3 is 3.17 bits per heavy atom. The second-order valence-corrected chi connectivity index (χ2v) is 3.43. The fraction of sp³-hybridized carbons (Fsp3) is 0.778. The highest BCUT2D eigenvalue weighted by atomic mass is 16.4. The molecule has 3 nitrogen and oxygen atoms in total. The number of oxime groups is 1. The second-order valence-electron chi connectivity index (χ2n) is 3.43. The van der Waals surface area contributed by atoms with Crippen LogP contribution in [0.15, 0.2) is 5.16 Å². The van der Waals surface area contributed by atoms with Crippen molar-refractivity contribution in [2.45, 2.75) is 32.6 Å². The predicted octanol–water partition coefficient (Wildman–Crippen LogP) is 2.17. The number of nitriles is 1. The zero-order valence-corrected chi connectivity index (χ0v) is 7.32. The summed E-state index contributed by atoms with van der Waals surface area (Å²) in [5, 5.41) is 20.4. The lowest BCUT2D eigenvalue weighted by Gasteiger charge is -2.15. The van der Waals surface area contributed by atoms with E-state index >= 15 is 0 Å². The van der Waals surface area contributed by atoms with Crippen molar-refractivity contribution in [1.29, 1.82) is 5.26 Å². The van der Waals surface area contributed by atoms with Gasteiger partial charge in [0.05, 0.1) is 11.8 Å². The maximum Gasteiger partial charge on any atom is 0.0624 e. The Labute approximate surface area is 72.7 Å². The molecule has 0 aliphatic heterocycles. The van der Waals surface area contributed by atoms with E-state index in [0.717, 1.165) is 25.0 Å². The van der Waals surface area contributed by atoms with Crippen molar-refractivity contribution in [2.24, 2.45) is 17.0 Å². The summed E-state index contributed by atoms with van der Waals surface area (Å²) in [6, 6.07) is 2.15. The van der Waals surface area contributed by atoms with Crippen LogP contribution in [0.25, 0.3) is 0 Å².